The van der Waals surface area contributed by atoms with Crippen LogP contribution in [0.1, 0.15) is 0 Å². The van der Waals surface area contributed by atoms with E-state index in [1.165, 1.54) is 6.20 Å². The maximum absolute atomic E-state index is 11.6. The fraction of sp³-hybridized carbons (Fsp3) is 0.300. The van der Waals surface area contributed by atoms with Crippen molar-refractivity contribution in [3.8, 4) is 0 Å². The van der Waals surface area contributed by atoms with Crippen LogP contribution in [0.3, 0.4) is 0 Å². The van der Waals surface area contributed by atoms with Crippen LogP contribution in [0, 0.1) is 0 Å². The van der Waals surface area contributed by atoms with E-state index in [4.69, 9.17) is 28.9 Å². The third kappa shape index (κ3) is 4.72. The van der Waals surface area contributed by atoms with Gasteiger partial charge in [0.1, 0.15) is 12.4 Å². The molecule has 4 N–H and O–H groups in total. The Kier molecular flexibility index (Phi) is 5.12. The molecule has 0 aliphatic rings. The highest BCUT2D eigenvalue weighted by Crippen LogP contribution is 2.21. The van der Waals surface area contributed by atoms with Crippen molar-refractivity contribution < 1.29 is 4.79 Å². The lowest BCUT2D eigenvalue weighted by atomic mass is 10.4. The average Bonchev–Trinajstić information content (AvgIpc) is 2.82. The molecule has 0 bridgehead atoms. The van der Waals surface area contributed by atoms with Crippen molar-refractivity contribution in [2.24, 2.45) is 0 Å². The minimum atomic E-state index is -0.260. The quantitative estimate of drug-likeness (QED) is 0.645. The SMILES string of the molecule is Nc1nnn(CC(=O)NCCNc2ncc(Cl)cc2Cl)n1. The van der Waals surface area contributed by atoms with Gasteiger partial charge in [0.25, 0.3) is 5.95 Å². The van der Waals surface area contributed by atoms with E-state index in [2.05, 4.69) is 31.0 Å². The predicted octanol–water partition coefficient (Wildman–Crippen LogP) is 0.185. The lowest BCUT2D eigenvalue weighted by molar-refractivity contribution is -0.122. The first-order valence-electron chi connectivity index (χ1n) is 5.89. The molecule has 2 heterocycles. The molecular weight excluding hydrogens is 319 g/mol. The number of amides is 1. The minimum Gasteiger partial charge on any atom is -0.367 e. The molecule has 0 unspecified atom stereocenters. The number of halogens is 2. The maximum Gasteiger partial charge on any atom is 0.260 e. The molecule has 0 saturated heterocycles. The number of tetrazole rings is 1. The molecule has 0 aromatic carbocycles. The molecule has 0 saturated carbocycles. The van der Waals surface area contributed by atoms with Crippen LogP contribution in [0.5, 0.6) is 0 Å². The molecule has 11 heteroatoms. The molecule has 0 aliphatic heterocycles. The van der Waals surface area contributed by atoms with Crippen LogP contribution in [0.2, 0.25) is 10.0 Å². The van der Waals surface area contributed by atoms with E-state index in [9.17, 15) is 4.79 Å². The Bertz CT molecular complexity index is 631. The number of aromatic nitrogens is 5. The van der Waals surface area contributed by atoms with Gasteiger partial charge in [0.15, 0.2) is 0 Å². The standard InChI is InChI=1S/C10H12Cl2N8O/c11-6-3-7(12)9(16-4-6)15-2-1-14-8(21)5-20-18-10(13)17-19-20/h3-4H,1-2,5H2,(H2,13,18)(H,14,21)(H,15,16). The number of rotatable bonds is 6. The minimum absolute atomic E-state index is 0.0212. The van der Waals surface area contributed by atoms with E-state index >= 15 is 0 Å². The second kappa shape index (κ2) is 7.04. The van der Waals surface area contributed by atoms with Gasteiger partial charge < -0.3 is 16.4 Å². The zero-order chi connectivity index (χ0) is 15.2. The summed E-state index contributed by atoms with van der Waals surface area (Å²) in [5.74, 6) is 0.262. The van der Waals surface area contributed by atoms with Gasteiger partial charge in [0, 0.05) is 19.3 Å². The summed E-state index contributed by atoms with van der Waals surface area (Å²) in [6.07, 6.45) is 1.48. The Labute approximate surface area is 129 Å². The van der Waals surface area contributed by atoms with Gasteiger partial charge >= 0.3 is 0 Å². The van der Waals surface area contributed by atoms with Crippen LogP contribution in [0.25, 0.3) is 0 Å². The molecule has 2 aromatic rings. The summed E-state index contributed by atoms with van der Waals surface area (Å²) in [4.78, 5) is 16.7. The molecule has 0 aliphatic carbocycles. The van der Waals surface area contributed by atoms with E-state index in [1.807, 2.05) is 0 Å². The fourth-order valence-electron chi connectivity index (χ4n) is 1.43. The van der Waals surface area contributed by atoms with Crippen molar-refractivity contribution in [1.29, 1.82) is 0 Å². The molecule has 9 nitrogen and oxygen atoms in total. The Morgan fingerprint density at radius 2 is 2.19 bits per heavy atom. The highest BCUT2D eigenvalue weighted by molar-refractivity contribution is 6.35. The van der Waals surface area contributed by atoms with Gasteiger partial charge in [-0.25, -0.2) is 4.98 Å². The Hall–Kier alpha value is -2.13. The summed E-state index contributed by atoms with van der Waals surface area (Å²) in [6, 6.07) is 1.58. The second-order valence-electron chi connectivity index (χ2n) is 3.94. The second-order valence-corrected chi connectivity index (χ2v) is 4.78. The van der Waals surface area contributed by atoms with Crippen molar-refractivity contribution in [3.63, 3.8) is 0 Å². The van der Waals surface area contributed by atoms with Gasteiger partial charge in [0.2, 0.25) is 5.91 Å². The summed E-state index contributed by atoms with van der Waals surface area (Å²) in [5.41, 5.74) is 5.29. The fourth-order valence-corrected chi connectivity index (χ4v) is 1.88. The predicted molar refractivity (Wildman–Crippen MR) is 78.0 cm³/mol. The Morgan fingerprint density at radius 3 is 2.86 bits per heavy atom. The Balaban J connectivity index is 1.70. The largest absolute Gasteiger partial charge is 0.367 e. The van der Waals surface area contributed by atoms with E-state index < -0.39 is 0 Å². The number of hydrogen-bond donors (Lipinski definition) is 3. The summed E-state index contributed by atoms with van der Waals surface area (Å²) in [7, 11) is 0. The normalized spacial score (nSPS) is 10.4. The third-order valence-corrected chi connectivity index (χ3v) is 2.80. The monoisotopic (exact) mass is 330 g/mol. The molecular formula is C10H12Cl2N8O. The summed E-state index contributed by atoms with van der Waals surface area (Å²) >= 11 is 11.7. The van der Waals surface area contributed by atoms with E-state index in [0.717, 1.165) is 4.80 Å². The van der Waals surface area contributed by atoms with E-state index in [1.54, 1.807) is 6.07 Å². The molecule has 1 amide bonds. The van der Waals surface area contributed by atoms with E-state index in [-0.39, 0.29) is 18.4 Å². The number of nitrogens with two attached hydrogens (primary N) is 1. The van der Waals surface area contributed by atoms with Crippen LogP contribution in [-0.4, -0.2) is 44.2 Å². The van der Waals surface area contributed by atoms with Crippen LogP contribution in [-0.2, 0) is 11.3 Å². The maximum atomic E-state index is 11.6. The first-order chi connectivity index (χ1) is 10.0. The average molecular weight is 331 g/mol. The summed E-state index contributed by atoms with van der Waals surface area (Å²) < 4.78 is 0. The number of nitrogens with zero attached hydrogens (tertiary/aromatic N) is 5. The van der Waals surface area contributed by atoms with Crippen molar-refractivity contribution >= 4 is 40.9 Å². The number of hydrogen-bond acceptors (Lipinski definition) is 7. The van der Waals surface area contributed by atoms with Gasteiger partial charge in [-0.05, 0) is 11.3 Å². The zero-order valence-corrected chi connectivity index (χ0v) is 12.3. The van der Waals surface area contributed by atoms with Gasteiger partial charge in [-0.15, -0.1) is 5.10 Å². The van der Waals surface area contributed by atoms with Gasteiger partial charge in [0.05, 0.1) is 10.0 Å². The van der Waals surface area contributed by atoms with Crippen LogP contribution in [0.4, 0.5) is 11.8 Å². The zero-order valence-electron chi connectivity index (χ0n) is 10.8. The van der Waals surface area contributed by atoms with E-state index in [0.29, 0.717) is 29.0 Å². The van der Waals surface area contributed by atoms with Crippen molar-refractivity contribution in [3.05, 3.63) is 22.3 Å². The molecule has 21 heavy (non-hydrogen) atoms. The van der Waals surface area contributed by atoms with Gasteiger partial charge in [-0.2, -0.15) is 4.80 Å². The van der Waals surface area contributed by atoms with Crippen molar-refractivity contribution in [1.82, 2.24) is 30.5 Å². The molecule has 112 valence electrons. The van der Waals surface area contributed by atoms with Gasteiger partial charge in [-0.1, -0.05) is 28.3 Å². The number of carbonyl (C=O) groups excluding carboxylic acids is 1. The molecule has 0 radical (unpaired) electrons. The molecule has 0 fully saturated rings. The van der Waals surface area contributed by atoms with Crippen molar-refractivity contribution in [2.45, 2.75) is 6.54 Å². The highest BCUT2D eigenvalue weighted by Gasteiger charge is 2.06. The number of nitrogen functional groups attached to an aromatic ring is 1. The number of carbonyl (C=O) groups is 1. The third-order valence-electron chi connectivity index (χ3n) is 2.30. The van der Waals surface area contributed by atoms with Gasteiger partial charge in [-0.3, -0.25) is 4.79 Å². The number of nitrogens with one attached hydrogen (secondary N) is 2. The molecule has 2 aromatic heterocycles. The first-order valence-corrected chi connectivity index (χ1v) is 6.65. The summed E-state index contributed by atoms with van der Waals surface area (Å²) in [6.45, 7) is 0.779. The molecule has 0 atom stereocenters. The highest BCUT2D eigenvalue weighted by atomic mass is 35.5. The smallest absolute Gasteiger partial charge is 0.260 e. The molecule has 0 spiro atoms. The lowest BCUT2D eigenvalue weighted by Crippen LogP contribution is -2.32. The lowest BCUT2D eigenvalue weighted by Gasteiger charge is -2.08. The summed E-state index contributed by atoms with van der Waals surface area (Å²) in [5, 5.41) is 17.3. The molecule has 2 rings (SSSR count). The van der Waals surface area contributed by atoms with Crippen LogP contribution in [0.15, 0.2) is 12.3 Å². The van der Waals surface area contributed by atoms with Crippen LogP contribution < -0.4 is 16.4 Å². The van der Waals surface area contributed by atoms with Crippen LogP contribution >= 0.6 is 23.2 Å². The Morgan fingerprint density at radius 1 is 1.38 bits per heavy atom. The topological polar surface area (TPSA) is 124 Å². The first kappa shape index (κ1) is 15.3. The number of anilines is 2. The van der Waals surface area contributed by atoms with Crippen molar-refractivity contribution in [2.75, 3.05) is 24.1 Å². The number of pyridine rings is 1.